The molecule has 0 rings (SSSR count). The smallest absolute Gasteiger partial charge is 0.221 e. The van der Waals surface area contributed by atoms with E-state index in [1.165, 1.54) is 0 Å². The highest BCUT2D eigenvalue weighted by atomic mass is 127. The molecule has 0 fully saturated rings. The monoisotopic (exact) mass is 238 g/mol. The highest BCUT2D eigenvalue weighted by molar-refractivity contribution is 14.1. The van der Waals surface area contributed by atoms with Gasteiger partial charge in [-0.15, -0.1) is 0 Å². The Bertz CT molecular complexity index is 129. The number of rotatable bonds is 3. The van der Waals surface area contributed by atoms with E-state index in [0.29, 0.717) is 17.4 Å². The molecule has 9 heavy (non-hydrogen) atoms. The van der Waals surface area contributed by atoms with Crippen molar-refractivity contribution in [2.24, 2.45) is 0 Å². The van der Waals surface area contributed by atoms with Crippen molar-refractivity contribution in [1.82, 2.24) is 5.32 Å². The maximum Gasteiger partial charge on any atom is 0.221 e. The van der Waals surface area contributed by atoms with Gasteiger partial charge in [0.15, 0.2) is 0 Å². The van der Waals surface area contributed by atoms with E-state index in [1.54, 1.807) is 0 Å². The van der Waals surface area contributed by atoms with E-state index in [1.807, 2.05) is 28.7 Å². The SMILES string of the molecule is N#CCCC(=O)NCI. The van der Waals surface area contributed by atoms with Gasteiger partial charge in [0.2, 0.25) is 5.91 Å². The number of alkyl halides is 1. The van der Waals surface area contributed by atoms with E-state index in [-0.39, 0.29) is 5.91 Å². The zero-order chi connectivity index (χ0) is 7.11. The summed E-state index contributed by atoms with van der Waals surface area (Å²) < 4.78 is 0.613. The van der Waals surface area contributed by atoms with Crippen LogP contribution < -0.4 is 5.32 Å². The van der Waals surface area contributed by atoms with E-state index >= 15 is 0 Å². The van der Waals surface area contributed by atoms with Gasteiger partial charge in [0.05, 0.1) is 10.6 Å². The van der Waals surface area contributed by atoms with E-state index in [2.05, 4.69) is 5.32 Å². The van der Waals surface area contributed by atoms with Gasteiger partial charge in [-0.25, -0.2) is 0 Å². The largest absolute Gasteiger partial charge is 0.347 e. The van der Waals surface area contributed by atoms with Crippen LogP contribution in [0.1, 0.15) is 12.8 Å². The van der Waals surface area contributed by atoms with Gasteiger partial charge < -0.3 is 5.32 Å². The van der Waals surface area contributed by atoms with Gasteiger partial charge >= 0.3 is 0 Å². The maximum atomic E-state index is 10.5. The van der Waals surface area contributed by atoms with Crippen LogP contribution in [0.25, 0.3) is 0 Å². The van der Waals surface area contributed by atoms with Crippen molar-refractivity contribution < 1.29 is 4.79 Å². The van der Waals surface area contributed by atoms with Gasteiger partial charge in [0.25, 0.3) is 0 Å². The first kappa shape index (κ1) is 8.69. The van der Waals surface area contributed by atoms with Crippen LogP contribution in [0.4, 0.5) is 0 Å². The van der Waals surface area contributed by atoms with Gasteiger partial charge in [0, 0.05) is 12.8 Å². The van der Waals surface area contributed by atoms with Gasteiger partial charge in [-0.2, -0.15) is 5.26 Å². The molecule has 3 nitrogen and oxygen atoms in total. The number of nitrogens with zero attached hydrogens (tertiary/aromatic N) is 1. The van der Waals surface area contributed by atoms with Crippen LogP contribution in [-0.4, -0.2) is 10.5 Å². The molecule has 0 radical (unpaired) electrons. The second-order valence-electron chi connectivity index (χ2n) is 1.39. The Labute approximate surface area is 67.6 Å². The minimum absolute atomic E-state index is 0.0500. The first-order chi connectivity index (χ1) is 4.31. The van der Waals surface area contributed by atoms with E-state index in [9.17, 15) is 4.79 Å². The molecule has 0 heterocycles. The summed E-state index contributed by atoms with van der Waals surface area (Å²) in [5.41, 5.74) is 0. The summed E-state index contributed by atoms with van der Waals surface area (Å²) in [6.07, 6.45) is 0.627. The summed E-state index contributed by atoms with van der Waals surface area (Å²) in [7, 11) is 0. The molecule has 0 saturated heterocycles. The highest BCUT2D eigenvalue weighted by Crippen LogP contribution is 1.86. The van der Waals surface area contributed by atoms with Crippen molar-refractivity contribution in [3.05, 3.63) is 0 Å². The highest BCUT2D eigenvalue weighted by Gasteiger charge is 1.95. The summed E-state index contributed by atoms with van der Waals surface area (Å²) in [5.74, 6) is -0.0500. The number of amides is 1. The molecule has 0 aliphatic carbocycles. The van der Waals surface area contributed by atoms with E-state index in [0.717, 1.165) is 0 Å². The Balaban J connectivity index is 3.19. The molecule has 0 unspecified atom stereocenters. The molecular formula is C5H7IN2O. The average molecular weight is 238 g/mol. The summed E-state index contributed by atoms with van der Waals surface area (Å²) in [4.78, 5) is 10.5. The number of hydrogen-bond donors (Lipinski definition) is 1. The lowest BCUT2D eigenvalue weighted by molar-refractivity contribution is -0.120. The molecule has 1 amide bonds. The fraction of sp³-hybridized carbons (Fsp3) is 0.600. The van der Waals surface area contributed by atoms with Crippen LogP contribution in [0, 0.1) is 11.3 Å². The van der Waals surface area contributed by atoms with Crippen molar-refractivity contribution in [1.29, 1.82) is 5.26 Å². The van der Waals surface area contributed by atoms with Gasteiger partial charge in [0.1, 0.15) is 0 Å². The lowest BCUT2D eigenvalue weighted by atomic mass is 10.3. The zero-order valence-electron chi connectivity index (χ0n) is 4.85. The lowest BCUT2D eigenvalue weighted by Crippen LogP contribution is -2.20. The zero-order valence-corrected chi connectivity index (χ0v) is 7.01. The molecular weight excluding hydrogens is 231 g/mol. The maximum absolute atomic E-state index is 10.5. The minimum atomic E-state index is -0.0500. The van der Waals surface area contributed by atoms with Crippen molar-refractivity contribution in [2.75, 3.05) is 4.55 Å². The van der Waals surface area contributed by atoms with Gasteiger partial charge in [-0.05, 0) is 0 Å². The van der Waals surface area contributed by atoms with Gasteiger partial charge in [-0.3, -0.25) is 4.79 Å². The Morgan fingerprint density at radius 2 is 2.44 bits per heavy atom. The van der Waals surface area contributed by atoms with Crippen LogP contribution >= 0.6 is 22.6 Å². The fourth-order valence-corrected chi connectivity index (χ4v) is 0.758. The predicted molar refractivity (Wildman–Crippen MR) is 41.9 cm³/mol. The molecule has 4 heteroatoms. The van der Waals surface area contributed by atoms with Crippen LogP contribution in [0.5, 0.6) is 0 Å². The molecule has 0 saturated carbocycles. The molecule has 0 aliphatic heterocycles. The van der Waals surface area contributed by atoms with Crippen molar-refractivity contribution in [3.63, 3.8) is 0 Å². The second kappa shape index (κ2) is 5.82. The quantitative estimate of drug-likeness (QED) is 0.449. The van der Waals surface area contributed by atoms with E-state index in [4.69, 9.17) is 5.26 Å². The molecule has 0 atom stereocenters. The summed E-state index contributed by atoms with van der Waals surface area (Å²) in [6, 6.07) is 1.89. The number of carbonyl (C=O) groups is 1. The average Bonchev–Trinajstić information content (AvgIpc) is 1.85. The summed E-state index contributed by atoms with van der Waals surface area (Å²) in [6.45, 7) is 0. The van der Waals surface area contributed by atoms with Crippen LogP contribution in [0.3, 0.4) is 0 Å². The number of halogens is 1. The molecule has 0 aromatic heterocycles. The Hall–Kier alpha value is -0.310. The summed E-state index contributed by atoms with van der Waals surface area (Å²) in [5, 5.41) is 10.6. The van der Waals surface area contributed by atoms with Crippen molar-refractivity contribution in [2.45, 2.75) is 12.8 Å². The van der Waals surface area contributed by atoms with E-state index < -0.39 is 0 Å². The number of nitrogens with one attached hydrogen (secondary N) is 1. The number of nitriles is 1. The molecule has 0 bridgehead atoms. The van der Waals surface area contributed by atoms with Crippen LogP contribution in [-0.2, 0) is 4.79 Å². The van der Waals surface area contributed by atoms with Gasteiger partial charge in [-0.1, -0.05) is 22.6 Å². The Morgan fingerprint density at radius 1 is 1.78 bits per heavy atom. The first-order valence-corrected chi connectivity index (χ1v) is 4.03. The second-order valence-corrected chi connectivity index (χ2v) is 2.15. The standard InChI is InChI=1S/C5H7IN2O/c6-4-8-5(9)2-1-3-7/h1-2,4H2,(H,8,9). The van der Waals surface area contributed by atoms with Crippen molar-refractivity contribution in [3.8, 4) is 6.07 Å². The number of hydrogen-bond acceptors (Lipinski definition) is 2. The van der Waals surface area contributed by atoms with Crippen LogP contribution in [0.2, 0.25) is 0 Å². The lowest BCUT2D eigenvalue weighted by Gasteiger charge is -1.94. The summed E-state index contributed by atoms with van der Waals surface area (Å²) >= 11 is 2.04. The fourth-order valence-electron chi connectivity index (χ4n) is 0.332. The molecule has 50 valence electrons. The molecule has 0 aromatic rings. The minimum Gasteiger partial charge on any atom is -0.347 e. The molecule has 0 aliphatic rings. The normalized spacial score (nSPS) is 8.00. The predicted octanol–water partition coefficient (Wildman–Crippen LogP) is 0.799. The first-order valence-electron chi connectivity index (χ1n) is 2.51. The molecule has 1 N–H and O–H groups in total. The third kappa shape index (κ3) is 5.56. The third-order valence-corrected chi connectivity index (χ3v) is 1.11. The third-order valence-electron chi connectivity index (χ3n) is 0.728. The Kier molecular flexibility index (Phi) is 5.62. The Morgan fingerprint density at radius 3 is 2.89 bits per heavy atom. The topological polar surface area (TPSA) is 52.9 Å². The van der Waals surface area contributed by atoms with Crippen molar-refractivity contribution >= 4 is 28.5 Å². The molecule has 0 spiro atoms. The van der Waals surface area contributed by atoms with Crippen LogP contribution in [0.15, 0.2) is 0 Å². The molecule has 0 aromatic carbocycles. The number of carbonyl (C=O) groups excluding carboxylic acids is 1.